The minimum absolute atomic E-state index is 0.192. The van der Waals surface area contributed by atoms with Crippen LogP contribution >= 0.6 is 0 Å². The zero-order valence-corrected chi connectivity index (χ0v) is 10.7. The Labute approximate surface area is 102 Å². The van der Waals surface area contributed by atoms with Crippen LogP contribution in [0.5, 0.6) is 0 Å². The quantitative estimate of drug-likeness (QED) is 0.876. The maximum absolute atomic E-state index is 9.90. The van der Waals surface area contributed by atoms with Crippen molar-refractivity contribution in [2.75, 3.05) is 0 Å². The minimum Gasteiger partial charge on any atom is -0.393 e. The molecule has 17 heavy (non-hydrogen) atoms. The molecule has 1 aliphatic carbocycles. The van der Waals surface area contributed by atoms with Crippen LogP contribution in [-0.2, 0) is 6.42 Å². The Balaban J connectivity index is 1.96. The van der Waals surface area contributed by atoms with Gasteiger partial charge in [0.25, 0.3) is 0 Å². The lowest BCUT2D eigenvalue weighted by molar-refractivity contribution is 0.0657. The Kier molecular flexibility index (Phi) is 4.15. The van der Waals surface area contributed by atoms with Crippen LogP contribution in [0, 0.1) is 5.92 Å². The van der Waals surface area contributed by atoms with Crippen molar-refractivity contribution >= 4 is 0 Å². The summed E-state index contributed by atoms with van der Waals surface area (Å²) in [7, 11) is 0. The first-order chi connectivity index (χ1) is 8.20. The second-order valence-electron chi connectivity index (χ2n) is 5.17. The number of aliphatic hydroxyl groups is 1. The van der Waals surface area contributed by atoms with Crippen molar-refractivity contribution in [3.8, 4) is 0 Å². The number of aromatic nitrogens is 2. The molecule has 96 valence electrons. The Bertz CT molecular complexity index is 351. The molecule has 0 saturated heterocycles. The molecule has 0 radical (unpaired) electrons. The van der Waals surface area contributed by atoms with Gasteiger partial charge in [0.15, 0.2) is 5.82 Å². The molecule has 1 aliphatic rings. The van der Waals surface area contributed by atoms with Crippen LogP contribution in [0.4, 0.5) is 0 Å². The highest BCUT2D eigenvalue weighted by molar-refractivity contribution is 4.95. The number of hydrogen-bond donors (Lipinski definition) is 1. The van der Waals surface area contributed by atoms with Gasteiger partial charge >= 0.3 is 0 Å². The highest BCUT2D eigenvalue weighted by atomic mass is 16.5. The summed E-state index contributed by atoms with van der Waals surface area (Å²) in [5.41, 5.74) is 0. The summed E-state index contributed by atoms with van der Waals surface area (Å²) in [4.78, 5) is 4.42. The van der Waals surface area contributed by atoms with Crippen molar-refractivity contribution in [3.05, 3.63) is 11.7 Å². The summed E-state index contributed by atoms with van der Waals surface area (Å²) < 4.78 is 5.27. The topological polar surface area (TPSA) is 59.2 Å². The number of hydrogen-bond acceptors (Lipinski definition) is 4. The molecule has 1 saturated carbocycles. The lowest BCUT2D eigenvalue weighted by Gasteiger charge is -2.26. The van der Waals surface area contributed by atoms with Crippen molar-refractivity contribution < 1.29 is 9.63 Å². The van der Waals surface area contributed by atoms with Crippen molar-refractivity contribution in [2.24, 2.45) is 5.92 Å². The van der Waals surface area contributed by atoms with E-state index in [0.29, 0.717) is 17.7 Å². The van der Waals surface area contributed by atoms with E-state index in [-0.39, 0.29) is 6.10 Å². The first-order valence-corrected chi connectivity index (χ1v) is 6.71. The zero-order valence-electron chi connectivity index (χ0n) is 10.7. The van der Waals surface area contributed by atoms with E-state index < -0.39 is 0 Å². The highest BCUT2D eigenvalue weighted by Crippen LogP contribution is 2.27. The predicted octanol–water partition coefficient (Wildman–Crippen LogP) is 2.68. The van der Waals surface area contributed by atoms with Gasteiger partial charge in [-0.15, -0.1) is 0 Å². The molecule has 3 unspecified atom stereocenters. The molecule has 3 atom stereocenters. The first-order valence-electron chi connectivity index (χ1n) is 6.71. The van der Waals surface area contributed by atoms with Crippen molar-refractivity contribution in [1.29, 1.82) is 0 Å². The lowest BCUT2D eigenvalue weighted by Crippen LogP contribution is -2.26. The maximum Gasteiger partial charge on any atom is 0.227 e. The smallest absolute Gasteiger partial charge is 0.227 e. The number of rotatable bonds is 4. The van der Waals surface area contributed by atoms with Crippen molar-refractivity contribution in [2.45, 2.75) is 64.4 Å². The first kappa shape index (κ1) is 12.6. The fourth-order valence-electron chi connectivity index (χ4n) is 2.38. The average molecular weight is 238 g/mol. The van der Waals surface area contributed by atoms with E-state index in [1.54, 1.807) is 0 Å². The molecule has 1 heterocycles. The average Bonchev–Trinajstić information content (AvgIpc) is 2.80. The molecule has 2 rings (SSSR count). The zero-order chi connectivity index (χ0) is 12.3. The minimum atomic E-state index is -0.192. The summed E-state index contributed by atoms with van der Waals surface area (Å²) >= 11 is 0. The molecule has 0 aromatic carbocycles. The summed E-state index contributed by atoms with van der Waals surface area (Å²) in [6.45, 7) is 4.22. The Hall–Kier alpha value is -0.900. The lowest BCUT2D eigenvalue weighted by atomic mass is 9.84. The van der Waals surface area contributed by atoms with Crippen LogP contribution in [0.1, 0.15) is 63.6 Å². The van der Waals surface area contributed by atoms with Crippen LogP contribution < -0.4 is 0 Å². The Morgan fingerprint density at radius 2 is 2.18 bits per heavy atom. The molecule has 0 aliphatic heterocycles. The van der Waals surface area contributed by atoms with Gasteiger partial charge in [-0.3, -0.25) is 0 Å². The fraction of sp³-hybridized carbons (Fsp3) is 0.846. The SMILES string of the molecule is CCC(C)c1noc(CC2CCCCC2O)n1. The highest BCUT2D eigenvalue weighted by Gasteiger charge is 2.25. The van der Waals surface area contributed by atoms with E-state index in [4.69, 9.17) is 4.52 Å². The summed E-state index contributed by atoms with van der Waals surface area (Å²) in [6.07, 6.45) is 5.88. The van der Waals surface area contributed by atoms with Gasteiger partial charge in [-0.1, -0.05) is 31.8 Å². The van der Waals surface area contributed by atoms with E-state index in [9.17, 15) is 5.11 Å². The van der Waals surface area contributed by atoms with Crippen LogP contribution in [0.25, 0.3) is 0 Å². The number of nitrogens with zero attached hydrogens (tertiary/aromatic N) is 2. The second-order valence-corrected chi connectivity index (χ2v) is 5.17. The van der Waals surface area contributed by atoms with Gasteiger partial charge in [-0.25, -0.2) is 0 Å². The molecular formula is C13H22N2O2. The van der Waals surface area contributed by atoms with Crippen LogP contribution in [-0.4, -0.2) is 21.4 Å². The molecule has 1 aromatic rings. The Morgan fingerprint density at radius 1 is 1.41 bits per heavy atom. The normalized spacial score (nSPS) is 27.0. The van der Waals surface area contributed by atoms with E-state index in [2.05, 4.69) is 24.0 Å². The van der Waals surface area contributed by atoms with Crippen LogP contribution in [0.15, 0.2) is 4.52 Å². The molecule has 0 amide bonds. The van der Waals surface area contributed by atoms with E-state index >= 15 is 0 Å². The van der Waals surface area contributed by atoms with Crippen molar-refractivity contribution in [1.82, 2.24) is 10.1 Å². The predicted molar refractivity (Wildman–Crippen MR) is 64.7 cm³/mol. The van der Waals surface area contributed by atoms with Gasteiger partial charge in [0.05, 0.1) is 6.10 Å². The van der Waals surface area contributed by atoms with Gasteiger partial charge in [0.2, 0.25) is 5.89 Å². The molecular weight excluding hydrogens is 216 g/mol. The molecule has 1 fully saturated rings. The molecule has 4 heteroatoms. The second kappa shape index (κ2) is 5.63. The van der Waals surface area contributed by atoms with Crippen LogP contribution in [0.3, 0.4) is 0 Å². The van der Waals surface area contributed by atoms with Gasteiger partial charge in [0.1, 0.15) is 0 Å². The molecule has 1 N–H and O–H groups in total. The van der Waals surface area contributed by atoms with Crippen LogP contribution in [0.2, 0.25) is 0 Å². The van der Waals surface area contributed by atoms with Crippen molar-refractivity contribution in [3.63, 3.8) is 0 Å². The standard InChI is InChI=1S/C13H22N2O2/c1-3-9(2)13-14-12(17-15-13)8-10-6-4-5-7-11(10)16/h9-11,16H,3-8H2,1-2H3. The van der Waals surface area contributed by atoms with Gasteiger partial charge < -0.3 is 9.63 Å². The van der Waals surface area contributed by atoms with E-state index in [1.165, 1.54) is 6.42 Å². The summed E-state index contributed by atoms with van der Waals surface area (Å²) in [5.74, 6) is 2.14. The summed E-state index contributed by atoms with van der Waals surface area (Å²) in [5, 5.41) is 13.9. The number of aliphatic hydroxyl groups excluding tert-OH is 1. The largest absolute Gasteiger partial charge is 0.393 e. The van der Waals surface area contributed by atoms with Gasteiger partial charge in [-0.05, 0) is 25.2 Å². The van der Waals surface area contributed by atoms with E-state index in [0.717, 1.165) is 37.9 Å². The molecule has 0 spiro atoms. The third-order valence-electron chi connectivity index (χ3n) is 3.84. The van der Waals surface area contributed by atoms with Gasteiger partial charge in [0, 0.05) is 12.3 Å². The maximum atomic E-state index is 9.90. The van der Waals surface area contributed by atoms with Gasteiger partial charge in [-0.2, -0.15) is 4.98 Å². The van der Waals surface area contributed by atoms with E-state index in [1.807, 2.05) is 0 Å². The molecule has 0 bridgehead atoms. The monoisotopic (exact) mass is 238 g/mol. The third-order valence-corrected chi connectivity index (χ3v) is 3.84. The third kappa shape index (κ3) is 3.06. The molecule has 1 aromatic heterocycles. The summed E-state index contributed by atoms with van der Waals surface area (Å²) in [6, 6.07) is 0. The Morgan fingerprint density at radius 3 is 2.88 bits per heavy atom. The molecule has 4 nitrogen and oxygen atoms in total. The fourth-order valence-corrected chi connectivity index (χ4v) is 2.38.